The first-order valence-electron chi connectivity index (χ1n) is 7.00. The lowest BCUT2D eigenvalue weighted by Gasteiger charge is -2.43. The zero-order chi connectivity index (χ0) is 14.0. The van der Waals surface area contributed by atoms with Gasteiger partial charge in [0.05, 0.1) is 17.2 Å². The van der Waals surface area contributed by atoms with Gasteiger partial charge in [0, 0.05) is 37.1 Å². The fourth-order valence-electron chi connectivity index (χ4n) is 2.92. The highest BCUT2D eigenvalue weighted by atomic mass is 35.5. The molecule has 3 nitrogen and oxygen atoms in total. The number of ether oxygens (including phenoxy) is 3. The smallest absolute Gasteiger partial charge is 0.139 e. The van der Waals surface area contributed by atoms with E-state index in [0.29, 0.717) is 15.8 Å². The lowest BCUT2D eigenvalue weighted by molar-refractivity contribution is -0.155. The number of halogens is 2. The fraction of sp³-hybridized carbons (Fsp3) is 0.600. The monoisotopic (exact) mass is 316 g/mol. The van der Waals surface area contributed by atoms with Gasteiger partial charge < -0.3 is 14.2 Å². The van der Waals surface area contributed by atoms with Gasteiger partial charge in [-0.2, -0.15) is 0 Å². The number of rotatable bonds is 2. The summed E-state index contributed by atoms with van der Waals surface area (Å²) in [6.45, 7) is 2.26. The summed E-state index contributed by atoms with van der Waals surface area (Å²) in [6, 6.07) is 5.31. The lowest BCUT2D eigenvalue weighted by Crippen LogP contribution is -2.47. The number of hydrogen-bond acceptors (Lipinski definition) is 3. The van der Waals surface area contributed by atoms with Crippen LogP contribution in [0.25, 0.3) is 0 Å². The van der Waals surface area contributed by atoms with Crippen molar-refractivity contribution in [1.29, 1.82) is 0 Å². The first kappa shape index (κ1) is 14.5. The Labute approximate surface area is 129 Å². The largest absolute Gasteiger partial charge is 0.489 e. The standard InChI is InChI=1S/C15H18Cl2O3/c16-11-1-2-13(17)14(9-11)20-12-3-6-19-15(10-12)4-7-18-8-5-15/h1-2,9,12H,3-8,10H2. The van der Waals surface area contributed by atoms with Crippen molar-refractivity contribution < 1.29 is 14.2 Å². The van der Waals surface area contributed by atoms with Crippen LogP contribution in [0, 0.1) is 0 Å². The minimum absolute atomic E-state index is 0.0772. The van der Waals surface area contributed by atoms with Crippen LogP contribution in [0.5, 0.6) is 5.75 Å². The molecule has 0 saturated carbocycles. The van der Waals surface area contributed by atoms with Gasteiger partial charge in [-0.3, -0.25) is 0 Å². The van der Waals surface area contributed by atoms with E-state index in [1.807, 2.05) is 0 Å². The summed E-state index contributed by atoms with van der Waals surface area (Å²) in [5, 5.41) is 1.24. The van der Waals surface area contributed by atoms with Crippen molar-refractivity contribution >= 4 is 23.2 Å². The molecule has 1 unspecified atom stereocenters. The highest BCUT2D eigenvalue weighted by molar-refractivity contribution is 6.34. The van der Waals surface area contributed by atoms with E-state index >= 15 is 0 Å². The second-order valence-corrected chi connectivity index (χ2v) is 6.29. The highest BCUT2D eigenvalue weighted by Gasteiger charge is 2.40. The van der Waals surface area contributed by atoms with Crippen molar-refractivity contribution in [2.24, 2.45) is 0 Å². The molecule has 20 heavy (non-hydrogen) atoms. The summed E-state index contributed by atoms with van der Waals surface area (Å²) in [7, 11) is 0. The van der Waals surface area contributed by atoms with Gasteiger partial charge in [0.1, 0.15) is 11.9 Å². The normalized spacial score (nSPS) is 25.6. The molecule has 3 rings (SSSR count). The van der Waals surface area contributed by atoms with E-state index in [9.17, 15) is 0 Å². The molecule has 110 valence electrons. The average Bonchev–Trinajstić information content (AvgIpc) is 2.44. The summed E-state index contributed by atoms with van der Waals surface area (Å²) in [6.07, 6.45) is 3.77. The molecule has 0 bridgehead atoms. The second-order valence-electron chi connectivity index (χ2n) is 5.45. The van der Waals surface area contributed by atoms with Gasteiger partial charge in [0.25, 0.3) is 0 Å². The van der Waals surface area contributed by atoms with Crippen LogP contribution in [0.1, 0.15) is 25.7 Å². The van der Waals surface area contributed by atoms with Crippen LogP contribution < -0.4 is 4.74 Å². The van der Waals surface area contributed by atoms with E-state index in [1.54, 1.807) is 18.2 Å². The molecule has 2 saturated heterocycles. The van der Waals surface area contributed by atoms with Gasteiger partial charge in [0.15, 0.2) is 0 Å². The van der Waals surface area contributed by atoms with Crippen LogP contribution in [0.2, 0.25) is 10.0 Å². The third-order valence-electron chi connectivity index (χ3n) is 4.04. The van der Waals surface area contributed by atoms with Crippen molar-refractivity contribution in [3.8, 4) is 5.75 Å². The molecule has 2 fully saturated rings. The van der Waals surface area contributed by atoms with E-state index in [1.165, 1.54) is 0 Å². The maximum atomic E-state index is 6.16. The summed E-state index contributed by atoms with van der Waals surface area (Å²) >= 11 is 12.2. The Bertz CT molecular complexity index is 467. The third-order valence-corrected chi connectivity index (χ3v) is 4.59. The summed E-state index contributed by atoms with van der Waals surface area (Å²) in [5.41, 5.74) is -0.0772. The first-order chi connectivity index (χ1) is 9.67. The molecule has 2 aliphatic heterocycles. The Morgan fingerprint density at radius 3 is 2.75 bits per heavy atom. The quantitative estimate of drug-likeness (QED) is 0.822. The first-order valence-corrected chi connectivity index (χ1v) is 7.76. The van der Waals surface area contributed by atoms with Crippen molar-refractivity contribution in [2.75, 3.05) is 19.8 Å². The summed E-state index contributed by atoms with van der Waals surface area (Å²) in [5.74, 6) is 0.660. The summed E-state index contributed by atoms with van der Waals surface area (Å²) < 4.78 is 17.5. The van der Waals surface area contributed by atoms with Crippen LogP contribution in [0.15, 0.2) is 18.2 Å². The fourth-order valence-corrected chi connectivity index (χ4v) is 3.25. The minimum Gasteiger partial charge on any atom is -0.489 e. The maximum Gasteiger partial charge on any atom is 0.139 e. The lowest BCUT2D eigenvalue weighted by atomic mass is 9.85. The van der Waals surface area contributed by atoms with Gasteiger partial charge in [0.2, 0.25) is 0 Å². The molecule has 1 atom stereocenters. The van der Waals surface area contributed by atoms with Crippen LogP contribution in [-0.2, 0) is 9.47 Å². The molecule has 1 spiro atoms. The third kappa shape index (κ3) is 3.22. The zero-order valence-electron chi connectivity index (χ0n) is 11.2. The Hall–Kier alpha value is -0.480. The van der Waals surface area contributed by atoms with Gasteiger partial charge in [-0.25, -0.2) is 0 Å². The molecule has 2 heterocycles. The number of benzene rings is 1. The Kier molecular flexibility index (Phi) is 4.41. The topological polar surface area (TPSA) is 27.7 Å². The van der Waals surface area contributed by atoms with Gasteiger partial charge in [-0.15, -0.1) is 0 Å². The van der Waals surface area contributed by atoms with Crippen molar-refractivity contribution in [1.82, 2.24) is 0 Å². The molecule has 0 radical (unpaired) electrons. The van der Waals surface area contributed by atoms with Crippen LogP contribution in [-0.4, -0.2) is 31.5 Å². The molecule has 1 aromatic rings. The molecule has 0 N–H and O–H groups in total. The number of hydrogen-bond donors (Lipinski definition) is 0. The van der Waals surface area contributed by atoms with E-state index in [2.05, 4.69) is 0 Å². The van der Waals surface area contributed by atoms with E-state index in [-0.39, 0.29) is 11.7 Å². The molecule has 1 aromatic carbocycles. The highest BCUT2D eigenvalue weighted by Crippen LogP contribution is 2.37. The molecule has 0 aromatic heterocycles. The van der Waals surface area contributed by atoms with E-state index in [0.717, 1.165) is 45.5 Å². The van der Waals surface area contributed by atoms with E-state index in [4.69, 9.17) is 37.4 Å². The maximum absolute atomic E-state index is 6.16. The van der Waals surface area contributed by atoms with Crippen LogP contribution >= 0.6 is 23.2 Å². The van der Waals surface area contributed by atoms with Crippen molar-refractivity contribution in [3.63, 3.8) is 0 Å². The predicted molar refractivity (Wildman–Crippen MR) is 78.8 cm³/mol. The molecule has 0 aliphatic carbocycles. The zero-order valence-corrected chi connectivity index (χ0v) is 12.8. The Morgan fingerprint density at radius 1 is 1.15 bits per heavy atom. The predicted octanol–water partition coefficient (Wildman–Crippen LogP) is 4.10. The SMILES string of the molecule is Clc1ccc(Cl)c(OC2CCOC3(CCOCC3)C2)c1. The molecular weight excluding hydrogens is 299 g/mol. The molecule has 0 amide bonds. The molecule has 5 heteroatoms. The van der Waals surface area contributed by atoms with Crippen molar-refractivity contribution in [3.05, 3.63) is 28.2 Å². The van der Waals surface area contributed by atoms with E-state index < -0.39 is 0 Å². The average molecular weight is 317 g/mol. The Balaban J connectivity index is 1.69. The second kappa shape index (κ2) is 6.10. The Morgan fingerprint density at radius 2 is 1.95 bits per heavy atom. The molecule has 2 aliphatic rings. The van der Waals surface area contributed by atoms with Gasteiger partial charge in [-0.1, -0.05) is 23.2 Å². The van der Waals surface area contributed by atoms with Crippen LogP contribution in [0.4, 0.5) is 0 Å². The minimum atomic E-state index is -0.0772. The molecular formula is C15H18Cl2O3. The van der Waals surface area contributed by atoms with Crippen molar-refractivity contribution in [2.45, 2.75) is 37.4 Å². The van der Waals surface area contributed by atoms with Gasteiger partial charge >= 0.3 is 0 Å². The van der Waals surface area contributed by atoms with Crippen LogP contribution in [0.3, 0.4) is 0 Å². The van der Waals surface area contributed by atoms with Gasteiger partial charge in [-0.05, 0) is 25.0 Å². The summed E-state index contributed by atoms with van der Waals surface area (Å²) in [4.78, 5) is 0.